The summed E-state index contributed by atoms with van der Waals surface area (Å²) in [4.78, 5) is 23.9. The minimum absolute atomic E-state index is 0.0276. The molecule has 1 aromatic carbocycles. The van der Waals surface area contributed by atoms with Gasteiger partial charge in [-0.05, 0) is 31.7 Å². The maximum atomic E-state index is 12.6. The second-order valence-corrected chi connectivity index (χ2v) is 8.13. The van der Waals surface area contributed by atoms with E-state index in [0.29, 0.717) is 6.54 Å². The fourth-order valence-electron chi connectivity index (χ4n) is 3.84. The Hall–Kier alpha value is -2.43. The molecule has 156 valence electrons. The smallest absolute Gasteiger partial charge is 0.225 e. The van der Waals surface area contributed by atoms with Gasteiger partial charge in [-0.15, -0.1) is 0 Å². The maximum absolute atomic E-state index is 12.6. The van der Waals surface area contributed by atoms with E-state index in [1.165, 1.54) is 31.2 Å². The van der Waals surface area contributed by atoms with Gasteiger partial charge in [-0.1, -0.05) is 62.4 Å². The zero-order chi connectivity index (χ0) is 20.5. The van der Waals surface area contributed by atoms with Crippen molar-refractivity contribution in [2.75, 3.05) is 24.5 Å². The lowest BCUT2D eigenvalue weighted by Crippen LogP contribution is -2.43. The zero-order valence-electron chi connectivity index (χ0n) is 17.9. The second-order valence-electron chi connectivity index (χ2n) is 8.13. The van der Waals surface area contributed by atoms with Gasteiger partial charge in [0.25, 0.3) is 0 Å². The number of carbonyl (C=O) groups excluding carboxylic acids is 1. The minimum atomic E-state index is 0.0276. The van der Waals surface area contributed by atoms with Crippen LogP contribution in [0.2, 0.25) is 0 Å². The van der Waals surface area contributed by atoms with Crippen LogP contribution in [-0.4, -0.2) is 35.5 Å². The molecule has 5 nitrogen and oxygen atoms in total. The first-order valence-corrected chi connectivity index (χ1v) is 11.1. The number of aromatic nitrogens is 2. The standard InChI is InChI=1S/C24H34N4O/c1-3-4-5-6-7-14-25-23(29)21-9-8-15-28(18-21)24-26-16-22(17-27-24)20-12-10-19(2)11-13-20/h10-13,16-17,21H,3-9,14-15,18H2,1-2H3,(H,25,29)/t21-/m1/s1. The summed E-state index contributed by atoms with van der Waals surface area (Å²) >= 11 is 0. The molecular weight excluding hydrogens is 360 g/mol. The summed E-state index contributed by atoms with van der Waals surface area (Å²) in [5.41, 5.74) is 3.38. The molecule has 5 heteroatoms. The Labute approximate surface area is 175 Å². The van der Waals surface area contributed by atoms with Crippen LogP contribution in [0.4, 0.5) is 5.95 Å². The van der Waals surface area contributed by atoms with Crippen molar-refractivity contribution in [3.05, 3.63) is 42.2 Å². The molecule has 1 saturated heterocycles. The van der Waals surface area contributed by atoms with Crippen LogP contribution in [0.25, 0.3) is 11.1 Å². The van der Waals surface area contributed by atoms with Gasteiger partial charge in [0.05, 0.1) is 5.92 Å². The number of nitrogens with one attached hydrogen (secondary N) is 1. The Balaban J connectivity index is 1.51. The van der Waals surface area contributed by atoms with Gasteiger partial charge in [-0.3, -0.25) is 4.79 Å². The monoisotopic (exact) mass is 394 g/mol. The molecule has 1 N–H and O–H groups in total. The quantitative estimate of drug-likeness (QED) is 0.623. The van der Waals surface area contributed by atoms with Crippen LogP contribution >= 0.6 is 0 Å². The summed E-state index contributed by atoms with van der Waals surface area (Å²) in [6, 6.07) is 8.39. The van der Waals surface area contributed by atoms with Crippen LogP contribution in [0.15, 0.2) is 36.7 Å². The van der Waals surface area contributed by atoms with E-state index in [0.717, 1.165) is 49.4 Å². The molecule has 1 aromatic heterocycles. The predicted molar refractivity (Wildman–Crippen MR) is 119 cm³/mol. The van der Waals surface area contributed by atoms with Gasteiger partial charge < -0.3 is 10.2 Å². The molecular formula is C24H34N4O. The number of hydrogen-bond donors (Lipinski definition) is 1. The molecule has 3 rings (SSSR count). The average Bonchev–Trinajstić information content (AvgIpc) is 2.77. The highest BCUT2D eigenvalue weighted by atomic mass is 16.1. The average molecular weight is 395 g/mol. The molecule has 1 aliphatic rings. The summed E-state index contributed by atoms with van der Waals surface area (Å²) in [6.45, 7) is 6.70. The summed E-state index contributed by atoms with van der Waals surface area (Å²) in [7, 11) is 0. The molecule has 1 aliphatic heterocycles. The maximum Gasteiger partial charge on any atom is 0.225 e. The number of nitrogens with zero attached hydrogens (tertiary/aromatic N) is 3. The van der Waals surface area contributed by atoms with Crippen molar-refractivity contribution >= 4 is 11.9 Å². The molecule has 2 heterocycles. The van der Waals surface area contributed by atoms with Crippen molar-refractivity contribution < 1.29 is 4.79 Å². The molecule has 0 radical (unpaired) electrons. The molecule has 29 heavy (non-hydrogen) atoms. The first-order chi connectivity index (χ1) is 14.2. The minimum Gasteiger partial charge on any atom is -0.356 e. The van der Waals surface area contributed by atoms with E-state index in [1.54, 1.807) is 0 Å². The molecule has 1 atom stereocenters. The normalized spacial score (nSPS) is 16.6. The number of anilines is 1. The van der Waals surface area contributed by atoms with E-state index >= 15 is 0 Å². The lowest BCUT2D eigenvalue weighted by atomic mass is 9.97. The molecule has 2 aromatic rings. The van der Waals surface area contributed by atoms with Crippen molar-refractivity contribution in [1.29, 1.82) is 0 Å². The largest absolute Gasteiger partial charge is 0.356 e. The number of aryl methyl sites for hydroxylation is 1. The number of carbonyl (C=O) groups is 1. The zero-order valence-corrected chi connectivity index (χ0v) is 17.9. The van der Waals surface area contributed by atoms with E-state index < -0.39 is 0 Å². The summed E-state index contributed by atoms with van der Waals surface area (Å²) < 4.78 is 0. The lowest BCUT2D eigenvalue weighted by Gasteiger charge is -2.32. The Morgan fingerprint density at radius 1 is 1.07 bits per heavy atom. The number of unbranched alkanes of at least 4 members (excludes halogenated alkanes) is 4. The van der Waals surface area contributed by atoms with Crippen molar-refractivity contribution in [3.63, 3.8) is 0 Å². The number of piperidine rings is 1. The molecule has 1 amide bonds. The van der Waals surface area contributed by atoms with Gasteiger partial charge in [-0.25, -0.2) is 9.97 Å². The topological polar surface area (TPSA) is 58.1 Å². The van der Waals surface area contributed by atoms with Crippen LogP contribution in [0.3, 0.4) is 0 Å². The Morgan fingerprint density at radius 2 is 1.79 bits per heavy atom. The summed E-state index contributed by atoms with van der Waals surface area (Å²) in [5.74, 6) is 0.930. The van der Waals surface area contributed by atoms with Gasteiger partial charge in [0.1, 0.15) is 0 Å². The third-order valence-electron chi connectivity index (χ3n) is 5.68. The fraction of sp³-hybridized carbons (Fsp3) is 0.542. The van der Waals surface area contributed by atoms with Gasteiger partial charge in [0.2, 0.25) is 11.9 Å². The van der Waals surface area contributed by atoms with E-state index in [1.807, 2.05) is 12.4 Å². The fourth-order valence-corrected chi connectivity index (χ4v) is 3.84. The highest BCUT2D eigenvalue weighted by molar-refractivity contribution is 5.79. The van der Waals surface area contributed by atoms with Crippen LogP contribution in [0.5, 0.6) is 0 Å². The molecule has 0 bridgehead atoms. The van der Waals surface area contributed by atoms with Gasteiger partial charge >= 0.3 is 0 Å². The third kappa shape index (κ3) is 6.28. The number of amides is 1. The highest BCUT2D eigenvalue weighted by Crippen LogP contribution is 2.23. The van der Waals surface area contributed by atoms with Gasteiger partial charge in [0.15, 0.2) is 0 Å². The van der Waals surface area contributed by atoms with Crippen LogP contribution in [0, 0.1) is 12.8 Å². The van der Waals surface area contributed by atoms with E-state index in [4.69, 9.17) is 0 Å². The molecule has 1 fully saturated rings. The van der Waals surface area contributed by atoms with Crippen LogP contribution < -0.4 is 10.2 Å². The highest BCUT2D eigenvalue weighted by Gasteiger charge is 2.26. The summed E-state index contributed by atoms with van der Waals surface area (Å²) in [5, 5.41) is 3.13. The molecule has 0 spiro atoms. The Bertz CT molecular complexity index is 757. The third-order valence-corrected chi connectivity index (χ3v) is 5.68. The second kappa shape index (κ2) is 10.9. The predicted octanol–water partition coefficient (Wildman–Crippen LogP) is 4.76. The lowest BCUT2D eigenvalue weighted by molar-refractivity contribution is -0.125. The first kappa shape index (κ1) is 21.3. The van der Waals surface area contributed by atoms with Gasteiger partial charge in [-0.2, -0.15) is 0 Å². The Morgan fingerprint density at radius 3 is 2.52 bits per heavy atom. The van der Waals surface area contributed by atoms with Crippen LogP contribution in [0.1, 0.15) is 57.4 Å². The van der Waals surface area contributed by atoms with E-state index in [9.17, 15) is 4.79 Å². The van der Waals surface area contributed by atoms with E-state index in [-0.39, 0.29) is 11.8 Å². The van der Waals surface area contributed by atoms with Crippen molar-refractivity contribution in [1.82, 2.24) is 15.3 Å². The number of rotatable bonds is 9. The van der Waals surface area contributed by atoms with E-state index in [2.05, 4.69) is 58.3 Å². The van der Waals surface area contributed by atoms with Crippen molar-refractivity contribution in [2.45, 2.75) is 58.8 Å². The first-order valence-electron chi connectivity index (χ1n) is 11.1. The number of hydrogen-bond acceptors (Lipinski definition) is 4. The molecule has 0 unspecified atom stereocenters. The summed E-state index contributed by atoms with van der Waals surface area (Å²) in [6.07, 6.45) is 11.8. The number of benzene rings is 1. The SMILES string of the molecule is CCCCCCCNC(=O)[C@@H]1CCCN(c2ncc(-c3ccc(C)cc3)cn2)C1. The van der Waals surface area contributed by atoms with Crippen molar-refractivity contribution in [2.24, 2.45) is 5.92 Å². The van der Waals surface area contributed by atoms with Crippen LogP contribution in [-0.2, 0) is 4.79 Å². The molecule has 0 aliphatic carbocycles. The molecule has 0 saturated carbocycles. The van der Waals surface area contributed by atoms with Gasteiger partial charge in [0, 0.05) is 37.6 Å². The van der Waals surface area contributed by atoms with Crippen molar-refractivity contribution in [3.8, 4) is 11.1 Å². The Kier molecular flexibility index (Phi) is 8.03.